The van der Waals surface area contributed by atoms with E-state index in [1.807, 2.05) is 0 Å². The Morgan fingerprint density at radius 1 is 1.19 bits per heavy atom. The van der Waals surface area contributed by atoms with Crippen LogP contribution < -0.4 is 5.32 Å². The second kappa shape index (κ2) is 9.59. The first-order chi connectivity index (χ1) is 12.2. The highest BCUT2D eigenvalue weighted by atomic mass is 19.4. The molecule has 0 aliphatic carbocycles. The highest BCUT2D eigenvalue weighted by molar-refractivity contribution is 5.91. The fraction of sp³-hybridized carbons (Fsp3) is 0.353. The van der Waals surface area contributed by atoms with Crippen molar-refractivity contribution >= 4 is 17.8 Å². The van der Waals surface area contributed by atoms with Gasteiger partial charge in [0.15, 0.2) is 0 Å². The Bertz CT molecular complexity index is 646. The highest BCUT2D eigenvalue weighted by Crippen LogP contribution is 2.19. The summed E-state index contributed by atoms with van der Waals surface area (Å²) >= 11 is 0. The summed E-state index contributed by atoms with van der Waals surface area (Å²) in [5.74, 6) is -5.95. The highest BCUT2D eigenvalue weighted by Gasteiger charge is 2.44. The summed E-state index contributed by atoms with van der Waals surface area (Å²) in [6.45, 7) is 3.26. The maximum absolute atomic E-state index is 12.5. The summed E-state index contributed by atoms with van der Waals surface area (Å²) in [6.07, 6.45) is -4.20. The Hall–Kier alpha value is -2.84. The fourth-order valence-electron chi connectivity index (χ4n) is 2.06. The van der Waals surface area contributed by atoms with Crippen LogP contribution in [-0.2, 0) is 30.5 Å². The Morgan fingerprint density at radius 2 is 1.81 bits per heavy atom. The minimum atomic E-state index is -5.22. The number of esters is 2. The molecule has 1 N–H and O–H groups in total. The zero-order valence-electron chi connectivity index (χ0n) is 13.9. The minimum absolute atomic E-state index is 0.144. The molecule has 2 atom stereocenters. The van der Waals surface area contributed by atoms with Crippen LogP contribution in [0.3, 0.4) is 0 Å². The number of rotatable bonds is 8. The molecule has 0 aromatic heterocycles. The van der Waals surface area contributed by atoms with Crippen LogP contribution in [0.2, 0.25) is 0 Å². The van der Waals surface area contributed by atoms with Gasteiger partial charge < -0.3 is 14.8 Å². The molecule has 9 heteroatoms. The van der Waals surface area contributed by atoms with Crippen LogP contribution in [0.15, 0.2) is 43.0 Å². The number of halogens is 3. The van der Waals surface area contributed by atoms with E-state index in [1.165, 1.54) is 11.4 Å². The van der Waals surface area contributed by atoms with E-state index in [2.05, 4.69) is 11.3 Å². The smallest absolute Gasteiger partial charge is 0.467 e. The summed E-state index contributed by atoms with van der Waals surface area (Å²) in [5.41, 5.74) is 0.646. The number of amides is 1. The molecule has 0 radical (unpaired) electrons. The van der Waals surface area contributed by atoms with Gasteiger partial charge in [-0.15, -0.1) is 6.58 Å². The first-order valence-electron chi connectivity index (χ1n) is 7.47. The summed E-state index contributed by atoms with van der Waals surface area (Å²) in [6, 6.07) is 6.68. The zero-order chi connectivity index (χ0) is 19.7. The third-order valence-electron chi connectivity index (χ3n) is 3.35. The van der Waals surface area contributed by atoms with Crippen molar-refractivity contribution in [1.29, 1.82) is 0 Å². The van der Waals surface area contributed by atoms with Crippen molar-refractivity contribution in [3.63, 3.8) is 0 Å². The number of allylic oxidation sites excluding steroid dienone is 1. The number of carbonyl (C=O) groups is 3. The predicted molar refractivity (Wildman–Crippen MR) is 84.5 cm³/mol. The molecule has 142 valence electrons. The molecule has 0 saturated carbocycles. The van der Waals surface area contributed by atoms with Crippen LogP contribution in [0.1, 0.15) is 12.0 Å². The van der Waals surface area contributed by atoms with Crippen LogP contribution in [0, 0.1) is 5.92 Å². The summed E-state index contributed by atoms with van der Waals surface area (Å²) in [4.78, 5) is 35.3. The first-order valence-corrected chi connectivity index (χ1v) is 7.47. The lowest BCUT2D eigenvalue weighted by Gasteiger charge is -2.24. The molecule has 1 aromatic rings. The average Bonchev–Trinajstić information content (AvgIpc) is 2.61. The molecule has 0 saturated heterocycles. The van der Waals surface area contributed by atoms with Crippen LogP contribution in [0.4, 0.5) is 13.2 Å². The standard InChI is InChI=1S/C17H18F3NO5/c1-3-7-12(14(22)26-10-11-8-5-4-6-9-11)13(15(23)25-2)21-16(24)17(18,19)20/h3-6,8-9,12-13H,1,7,10H2,2H3,(H,21,24)/t12-,13+/m1/s1. The van der Waals surface area contributed by atoms with E-state index in [0.717, 1.165) is 7.11 Å². The van der Waals surface area contributed by atoms with Gasteiger partial charge in [-0.2, -0.15) is 13.2 Å². The Labute approximate surface area is 148 Å². The maximum atomic E-state index is 12.5. The van der Waals surface area contributed by atoms with Gasteiger partial charge in [-0.3, -0.25) is 9.59 Å². The van der Waals surface area contributed by atoms with Crippen molar-refractivity contribution in [1.82, 2.24) is 5.32 Å². The molecule has 6 nitrogen and oxygen atoms in total. The van der Waals surface area contributed by atoms with E-state index in [0.29, 0.717) is 5.56 Å². The molecule has 0 aliphatic rings. The van der Waals surface area contributed by atoms with E-state index >= 15 is 0 Å². The molecular weight excluding hydrogens is 355 g/mol. The minimum Gasteiger partial charge on any atom is -0.467 e. The van der Waals surface area contributed by atoms with Gasteiger partial charge >= 0.3 is 24.0 Å². The van der Waals surface area contributed by atoms with E-state index in [4.69, 9.17) is 4.74 Å². The third kappa shape index (κ3) is 6.23. The van der Waals surface area contributed by atoms with Gasteiger partial charge in [0.05, 0.1) is 13.0 Å². The molecule has 0 spiro atoms. The number of alkyl halides is 3. The molecule has 26 heavy (non-hydrogen) atoms. The predicted octanol–water partition coefficient (Wildman–Crippen LogP) is 2.14. The molecule has 0 fully saturated rings. The maximum Gasteiger partial charge on any atom is 0.471 e. The molecule has 1 aromatic carbocycles. The summed E-state index contributed by atoms with van der Waals surface area (Å²) in [7, 11) is 0.926. The quantitative estimate of drug-likeness (QED) is 0.558. The normalized spacial score (nSPS) is 13.2. The largest absolute Gasteiger partial charge is 0.471 e. The number of hydrogen-bond donors (Lipinski definition) is 1. The summed E-state index contributed by atoms with van der Waals surface area (Å²) in [5, 5.41) is 1.48. The molecule has 0 bridgehead atoms. The topological polar surface area (TPSA) is 81.7 Å². The number of nitrogens with one attached hydrogen (secondary N) is 1. The molecule has 0 unspecified atom stereocenters. The molecule has 0 heterocycles. The van der Waals surface area contributed by atoms with Gasteiger partial charge in [-0.25, -0.2) is 4.79 Å². The molecule has 1 rings (SSSR count). The number of benzene rings is 1. The van der Waals surface area contributed by atoms with Gasteiger partial charge in [-0.1, -0.05) is 36.4 Å². The van der Waals surface area contributed by atoms with Gasteiger partial charge in [0.1, 0.15) is 12.6 Å². The zero-order valence-corrected chi connectivity index (χ0v) is 13.9. The van der Waals surface area contributed by atoms with E-state index in [-0.39, 0.29) is 13.0 Å². The molecule has 1 amide bonds. The molecule has 0 aliphatic heterocycles. The number of ether oxygens (including phenoxy) is 2. The second-order valence-electron chi connectivity index (χ2n) is 5.20. The van der Waals surface area contributed by atoms with Crippen molar-refractivity contribution in [2.45, 2.75) is 25.2 Å². The summed E-state index contributed by atoms with van der Waals surface area (Å²) < 4.78 is 47.0. The van der Waals surface area contributed by atoms with Crippen molar-refractivity contribution in [2.75, 3.05) is 7.11 Å². The number of carbonyl (C=O) groups excluding carboxylic acids is 3. The monoisotopic (exact) mass is 373 g/mol. The van der Waals surface area contributed by atoms with Crippen LogP contribution >= 0.6 is 0 Å². The number of hydrogen-bond acceptors (Lipinski definition) is 5. The van der Waals surface area contributed by atoms with Crippen LogP contribution in [0.5, 0.6) is 0 Å². The SMILES string of the molecule is C=CC[C@@H](C(=O)OCc1ccccc1)[C@H](NC(=O)C(F)(F)F)C(=O)OC. The lowest BCUT2D eigenvalue weighted by atomic mass is 9.95. The van der Waals surface area contributed by atoms with E-state index in [1.54, 1.807) is 30.3 Å². The van der Waals surface area contributed by atoms with Gasteiger partial charge in [-0.05, 0) is 12.0 Å². The van der Waals surface area contributed by atoms with Crippen LogP contribution in [-0.4, -0.2) is 37.2 Å². The molecular formula is C17H18F3NO5. The first kappa shape index (κ1) is 21.2. The lowest BCUT2D eigenvalue weighted by Crippen LogP contribution is -2.52. The third-order valence-corrected chi connectivity index (χ3v) is 3.35. The van der Waals surface area contributed by atoms with Crippen molar-refractivity contribution in [2.24, 2.45) is 5.92 Å². The lowest BCUT2D eigenvalue weighted by molar-refractivity contribution is -0.177. The fourth-order valence-corrected chi connectivity index (χ4v) is 2.06. The Balaban J connectivity index is 2.95. The average molecular weight is 373 g/mol. The van der Waals surface area contributed by atoms with Crippen LogP contribution in [0.25, 0.3) is 0 Å². The number of methoxy groups -OCH3 is 1. The Kier molecular flexibility index (Phi) is 7.82. The second-order valence-corrected chi connectivity index (χ2v) is 5.20. The van der Waals surface area contributed by atoms with Crippen molar-refractivity contribution in [3.05, 3.63) is 48.6 Å². The van der Waals surface area contributed by atoms with Crippen molar-refractivity contribution in [3.8, 4) is 0 Å². The van der Waals surface area contributed by atoms with E-state index < -0.39 is 36.0 Å². The van der Waals surface area contributed by atoms with E-state index in [9.17, 15) is 27.6 Å². The van der Waals surface area contributed by atoms with Crippen molar-refractivity contribution < 1.29 is 37.0 Å². The van der Waals surface area contributed by atoms with Gasteiger partial charge in [0.25, 0.3) is 0 Å². The van der Waals surface area contributed by atoms with Gasteiger partial charge in [0, 0.05) is 0 Å². The van der Waals surface area contributed by atoms with Gasteiger partial charge in [0.2, 0.25) is 0 Å². The Morgan fingerprint density at radius 3 is 2.31 bits per heavy atom.